The van der Waals surface area contributed by atoms with Gasteiger partial charge in [-0.15, -0.1) is 0 Å². The molecule has 4 nitrogen and oxygen atoms in total. The maximum atomic E-state index is 12.9. The van der Waals surface area contributed by atoms with Gasteiger partial charge in [0.05, 0.1) is 14.2 Å². The van der Waals surface area contributed by atoms with Gasteiger partial charge in [-0.25, -0.2) is 0 Å². The topological polar surface area (TPSA) is 38.8 Å². The van der Waals surface area contributed by atoms with E-state index in [1.165, 1.54) is 12.8 Å². The van der Waals surface area contributed by atoms with Gasteiger partial charge in [0.2, 0.25) is 0 Å². The lowest BCUT2D eigenvalue weighted by molar-refractivity contribution is 0.0695. The van der Waals surface area contributed by atoms with E-state index in [0.717, 1.165) is 24.7 Å². The molecule has 0 N–H and O–H groups in total. The van der Waals surface area contributed by atoms with Gasteiger partial charge in [-0.1, -0.05) is 28.8 Å². The van der Waals surface area contributed by atoms with Crippen LogP contribution in [-0.4, -0.2) is 42.9 Å². The minimum absolute atomic E-state index is 0.0542. The Kier molecular flexibility index (Phi) is 5.91. The minimum atomic E-state index is 0.0542. The Morgan fingerprint density at radius 2 is 1.76 bits per heavy atom. The Hall–Kier alpha value is -1.23. The number of carbonyl (C=O) groups is 1. The van der Waals surface area contributed by atoms with E-state index in [9.17, 15) is 4.79 Å². The van der Waals surface area contributed by atoms with Crippen molar-refractivity contribution < 1.29 is 14.3 Å². The van der Waals surface area contributed by atoms with Gasteiger partial charge in [0, 0.05) is 29.5 Å². The standard InChI is InChI=1S/C16H22BrNO3/c1-20-14-9-12(10-15(11-14)21-2)16(19)18(8-7-17)13-5-3-4-6-13/h9-11,13H,3-8H2,1-2H3. The van der Waals surface area contributed by atoms with Crippen molar-refractivity contribution >= 4 is 21.8 Å². The number of benzene rings is 1. The first-order valence-corrected chi connectivity index (χ1v) is 8.41. The van der Waals surface area contributed by atoms with Crippen LogP contribution in [0.4, 0.5) is 0 Å². The fourth-order valence-corrected chi connectivity index (χ4v) is 3.24. The number of ether oxygens (including phenoxy) is 2. The van der Waals surface area contributed by atoms with E-state index >= 15 is 0 Å². The molecule has 0 radical (unpaired) electrons. The molecule has 1 amide bonds. The third-order valence-corrected chi connectivity index (χ3v) is 4.30. The molecule has 0 bridgehead atoms. The molecule has 1 fully saturated rings. The van der Waals surface area contributed by atoms with Crippen molar-refractivity contribution in [3.8, 4) is 11.5 Å². The smallest absolute Gasteiger partial charge is 0.254 e. The SMILES string of the molecule is COc1cc(OC)cc(C(=O)N(CCBr)C2CCCC2)c1. The molecule has 5 heteroatoms. The fraction of sp³-hybridized carbons (Fsp3) is 0.562. The molecule has 0 aromatic heterocycles. The lowest BCUT2D eigenvalue weighted by atomic mass is 10.1. The molecular formula is C16H22BrNO3. The molecule has 0 atom stereocenters. The average molecular weight is 356 g/mol. The summed E-state index contributed by atoms with van der Waals surface area (Å²) < 4.78 is 10.5. The molecule has 116 valence electrons. The van der Waals surface area contributed by atoms with E-state index in [4.69, 9.17) is 9.47 Å². The lowest BCUT2D eigenvalue weighted by Crippen LogP contribution is -2.40. The van der Waals surface area contributed by atoms with Crippen molar-refractivity contribution in [2.75, 3.05) is 26.1 Å². The zero-order chi connectivity index (χ0) is 15.2. The van der Waals surface area contributed by atoms with Crippen molar-refractivity contribution in [2.24, 2.45) is 0 Å². The second kappa shape index (κ2) is 7.69. The number of hydrogen-bond donors (Lipinski definition) is 0. The Morgan fingerprint density at radius 1 is 1.19 bits per heavy atom. The molecule has 0 aliphatic heterocycles. The molecule has 1 aliphatic carbocycles. The van der Waals surface area contributed by atoms with Crippen molar-refractivity contribution in [2.45, 2.75) is 31.7 Å². The van der Waals surface area contributed by atoms with Crippen LogP contribution in [0.2, 0.25) is 0 Å². The largest absolute Gasteiger partial charge is 0.497 e. The molecule has 0 saturated heterocycles. The summed E-state index contributed by atoms with van der Waals surface area (Å²) in [6.07, 6.45) is 4.61. The first kappa shape index (κ1) is 16.1. The third-order valence-electron chi connectivity index (χ3n) is 3.95. The highest BCUT2D eigenvalue weighted by Gasteiger charge is 2.27. The molecule has 2 rings (SSSR count). The summed E-state index contributed by atoms with van der Waals surface area (Å²) in [6, 6.07) is 5.69. The van der Waals surface area contributed by atoms with Crippen LogP contribution >= 0.6 is 15.9 Å². The Bertz CT molecular complexity index is 464. The summed E-state index contributed by atoms with van der Waals surface area (Å²) in [5.74, 6) is 1.34. The fourth-order valence-electron chi connectivity index (χ4n) is 2.85. The predicted molar refractivity (Wildman–Crippen MR) is 86.6 cm³/mol. The number of hydrogen-bond acceptors (Lipinski definition) is 3. The normalized spacial score (nSPS) is 15.0. The lowest BCUT2D eigenvalue weighted by Gasteiger charge is -2.28. The van der Waals surface area contributed by atoms with Crippen LogP contribution in [0.1, 0.15) is 36.0 Å². The van der Waals surface area contributed by atoms with Crippen LogP contribution in [0.5, 0.6) is 11.5 Å². The Labute approximate surface area is 134 Å². The summed E-state index contributed by atoms with van der Waals surface area (Å²) in [5.41, 5.74) is 0.624. The van der Waals surface area contributed by atoms with Crippen molar-refractivity contribution in [1.82, 2.24) is 4.90 Å². The predicted octanol–water partition coefficient (Wildman–Crippen LogP) is 3.48. The van der Waals surface area contributed by atoms with Crippen LogP contribution in [0, 0.1) is 0 Å². The summed E-state index contributed by atoms with van der Waals surface area (Å²) in [6.45, 7) is 0.725. The molecular weight excluding hydrogens is 334 g/mol. The quantitative estimate of drug-likeness (QED) is 0.733. The van der Waals surface area contributed by atoms with Crippen molar-refractivity contribution in [3.63, 3.8) is 0 Å². The molecule has 1 aromatic carbocycles. The zero-order valence-electron chi connectivity index (χ0n) is 12.6. The van der Waals surface area contributed by atoms with E-state index in [-0.39, 0.29) is 5.91 Å². The molecule has 1 aromatic rings. The van der Waals surface area contributed by atoms with Crippen LogP contribution in [0.15, 0.2) is 18.2 Å². The van der Waals surface area contributed by atoms with E-state index in [2.05, 4.69) is 15.9 Å². The second-order valence-corrected chi connectivity index (χ2v) is 6.02. The molecule has 1 saturated carbocycles. The van der Waals surface area contributed by atoms with Gasteiger partial charge in [0.1, 0.15) is 11.5 Å². The van der Waals surface area contributed by atoms with Gasteiger partial charge in [0.25, 0.3) is 5.91 Å². The van der Waals surface area contributed by atoms with Crippen LogP contribution in [0.3, 0.4) is 0 Å². The number of rotatable bonds is 6. The maximum Gasteiger partial charge on any atom is 0.254 e. The molecule has 0 spiro atoms. The number of nitrogens with zero attached hydrogens (tertiary/aromatic N) is 1. The third kappa shape index (κ3) is 3.90. The Morgan fingerprint density at radius 3 is 2.24 bits per heavy atom. The van der Waals surface area contributed by atoms with Gasteiger partial charge in [-0.05, 0) is 25.0 Å². The minimum Gasteiger partial charge on any atom is -0.497 e. The van der Waals surface area contributed by atoms with Gasteiger partial charge < -0.3 is 14.4 Å². The second-order valence-electron chi connectivity index (χ2n) is 5.23. The van der Waals surface area contributed by atoms with Gasteiger partial charge >= 0.3 is 0 Å². The van der Waals surface area contributed by atoms with Gasteiger partial charge in [-0.2, -0.15) is 0 Å². The molecule has 21 heavy (non-hydrogen) atoms. The summed E-state index contributed by atoms with van der Waals surface area (Å²) in [7, 11) is 3.19. The number of carbonyl (C=O) groups excluding carboxylic acids is 1. The number of alkyl halides is 1. The number of methoxy groups -OCH3 is 2. The molecule has 1 aliphatic rings. The summed E-state index contributed by atoms with van der Waals surface area (Å²) >= 11 is 3.45. The zero-order valence-corrected chi connectivity index (χ0v) is 14.2. The molecule has 0 unspecified atom stereocenters. The van der Waals surface area contributed by atoms with Crippen molar-refractivity contribution in [1.29, 1.82) is 0 Å². The van der Waals surface area contributed by atoms with Crippen LogP contribution in [0.25, 0.3) is 0 Å². The monoisotopic (exact) mass is 355 g/mol. The maximum absolute atomic E-state index is 12.9. The van der Waals surface area contributed by atoms with Gasteiger partial charge in [0.15, 0.2) is 0 Å². The van der Waals surface area contributed by atoms with E-state index in [1.54, 1.807) is 32.4 Å². The van der Waals surface area contributed by atoms with Gasteiger partial charge in [-0.3, -0.25) is 4.79 Å². The average Bonchev–Trinajstić information content (AvgIpc) is 3.05. The van der Waals surface area contributed by atoms with E-state index in [1.807, 2.05) is 4.90 Å². The highest BCUT2D eigenvalue weighted by atomic mass is 79.9. The molecule has 0 heterocycles. The first-order valence-electron chi connectivity index (χ1n) is 7.29. The number of halogens is 1. The highest BCUT2D eigenvalue weighted by molar-refractivity contribution is 9.09. The first-order chi connectivity index (χ1) is 10.2. The summed E-state index contributed by atoms with van der Waals surface area (Å²) in [5, 5.41) is 0.788. The highest BCUT2D eigenvalue weighted by Crippen LogP contribution is 2.28. The van der Waals surface area contributed by atoms with Crippen molar-refractivity contribution in [3.05, 3.63) is 23.8 Å². The van der Waals surface area contributed by atoms with E-state index in [0.29, 0.717) is 23.1 Å². The Balaban J connectivity index is 2.26. The van der Waals surface area contributed by atoms with Crippen LogP contribution < -0.4 is 9.47 Å². The summed E-state index contributed by atoms with van der Waals surface area (Å²) in [4.78, 5) is 14.8. The van der Waals surface area contributed by atoms with Crippen LogP contribution in [-0.2, 0) is 0 Å². The number of amides is 1. The van der Waals surface area contributed by atoms with E-state index < -0.39 is 0 Å².